The van der Waals surface area contributed by atoms with Gasteiger partial charge in [0, 0.05) is 24.2 Å². The van der Waals surface area contributed by atoms with E-state index in [1.54, 1.807) is 24.3 Å². The van der Waals surface area contributed by atoms with Gasteiger partial charge in [-0.2, -0.15) is 0 Å². The van der Waals surface area contributed by atoms with Gasteiger partial charge in [0.1, 0.15) is 5.82 Å². The summed E-state index contributed by atoms with van der Waals surface area (Å²) in [6.07, 6.45) is 0.514. The van der Waals surface area contributed by atoms with Crippen LogP contribution in [0.3, 0.4) is 0 Å². The molecule has 0 aliphatic carbocycles. The highest BCUT2D eigenvalue weighted by Gasteiger charge is 2.12. The van der Waals surface area contributed by atoms with Crippen LogP contribution in [0.1, 0.15) is 12.0 Å². The van der Waals surface area contributed by atoms with Crippen LogP contribution in [0.25, 0.3) is 0 Å². The highest BCUT2D eigenvalue weighted by molar-refractivity contribution is 5.90. The summed E-state index contributed by atoms with van der Waals surface area (Å²) in [5.74, 6) is -4.02. The third-order valence-electron chi connectivity index (χ3n) is 2.90. The van der Waals surface area contributed by atoms with Crippen molar-refractivity contribution in [2.24, 2.45) is 0 Å². The number of rotatable bonds is 4. The molecule has 2 aromatic carbocycles. The highest BCUT2D eigenvalue weighted by Crippen LogP contribution is 2.18. The summed E-state index contributed by atoms with van der Waals surface area (Å²) in [6, 6.07) is 7.99. The molecule has 0 aromatic heterocycles. The van der Waals surface area contributed by atoms with Gasteiger partial charge in [-0.1, -0.05) is 12.1 Å². The van der Waals surface area contributed by atoms with Crippen LogP contribution in [0, 0.1) is 17.5 Å². The fourth-order valence-corrected chi connectivity index (χ4v) is 1.77. The third kappa shape index (κ3) is 3.98. The Kier molecular flexibility index (Phi) is 4.47. The molecule has 0 unspecified atom stereocenters. The zero-order valence-electron chi connectivity index (χ0n) is 11.0. The predicted octanol–water partition coefficient (Wildman–Crippen LogP) is 3.26. The minimum atomic E-state index is -1.30. The van der Waals surface area contributed by atoms with Crippen LogP contribution in [0.4, 0.5) is 24.5 Å². The van der Waals surface area contributed by atoms with E-state index in [0.717, 1.165) is 5.56 Å². The summed E-state index contributed by atoms with van der Waals surface area (Å²) in [6.45, 7) is 0. The summed E-state index contributed by atoms with van der Waals surface area (Å²) >= 11 is 0. The van der Waals surface area contributed by atoms with Crippen molar-refractivity contribution in [2.45, 2.75) is 12.8 Å². The van der Waals surface area contributed by atoms with Crippen LogP contribution in [0.5, 0.6) is 0 Å². The fraction of sp³-hybridized carbons (Fsp3) is 0.133. The lowest BCUT2D eigenvalue weighted by atomic mass is 10.1. The van der Waals surface area contributed by atoms with Gasteiger partial charge in [0.2, 0.25) is 5.91 Å². The second-order valence-corrected chi connectivity index (χ2v) is 4.54. The van der Waals surface area contributed by atoms with Gasteiger partial charge in [-0.3, -0.25) is 4.79 Å². The van der Waals surface area contributed by atoms with Gasteiger partial charge in [-0.25, -0.2) is 13.2 Å². The van der Waals surface area contributed by atoms with Crippen LogP contribution < -0.4 is 11.1 Å². The van der Waals surface area contributed by atoms with E-state index in [1.165, 1.54) is 0 Å². The van der Waals surface area contributed by atoms with Crippen LogP contribution in [0.2, 0.25) is 0 Å². The number of carbonyl (C=O) groups is 1. The zero-order chi connectivity index (χ0) is 15.4. The number of amides is 1. The van der Waals surface area contributed by atoms with E-state index >= 15 is 0 Å². The number of nitrogens with one attached hydrogen (secondary N) is 1. The lowest BCUT2D eigenvalue weighted by Crippen LogP contribution is -2.14. The number of aryl methyl sites for hydroxylation is 1. The molecule has 1 amide bonds. The Hall–Kier alpha value is -2.50. The van der Waals surface area contributed by atoms with Crippen molar-refractivity contribution in [1.82, 2.24) is 0 Å². The first-order valence-corrected chi connectivity index (χ1v) is 6.24. The van der Waals surface area contributed by atoms with E-state index < -0.39 is 23.4 Å². The SMILES string of the molecule is Nc1ccc(CCC(=O)Nc2cc(F)c(F)cc2F)cc1. The van der Waals surface area contributed by atoms with Gasteiger partial charge >= 0.3 is 0 Å². The number of hydrogen-bond acceptors (Lipinski definition) is 2. The van der Waals surface area contributed by atoms with Crippen molar-refractivity contribution in [1.29, 1.82) is 0 Å². The van der Waals surface area contributed by atoms with Gasteiger partial charge in [-0.15, -0.1) is 0 Å². The Bertz CT molecular complexity index is 657. The quantitative estimate of drug-likeness (QED) is 0.671. The lowest BCUT2D eigenvalue weighted by molar-refractivity contribution is -0.116. The Morgan fingerprint density at radius 3 is 2.29 bits per heavy atom. The van der Waals surface area contributed by atoms with Crippen molar-refractivity contribution in [2.75, 3.05) is 11.1 Å². The molecule has 0 aliphatic heterocycles. The Balaban J connectivity index is 1.96. The molecular formula is C15H13F3N2O. The molecule has 0 radical (unpaired) electrons. The van der Waals surface area contributed by atoms with Crippen molar-refractivity contribution < 1.29 is 18.0 Å². The van der Waals surface area contributed by atoms with E-state index in [-0.39, 0.29) is 12.1 Å². The van der Waals surface area contributed by atoms with Crippen molar-refractivity contribution in [3.05, 3.63) is 59.4 Å². The van der Waals surface area contributed by atoms with E-state index in [4.69, 9.17) is 5.73 Å². The Morgan fingerprint density at radius 1 is 1.00 bits per heavy atom. The third-order valence-corrected chi connectivity index (χ3v) is 2.90. The molecule has 0 bridgehead atoms. The number of nitrogen functional groups attached to an aromatic ring is 1. The number of nitrogens with two attached hydrogens (primary N) is 1. The molecule has 2 rings (SSSR count). The van der Waals surface area contributed by atoms with Crippen molar-refractivity contribution in [3.63, 3.8) is 0 Å². The maximum Gasteiger partial charge on any atom is 0.224 e. The molecule has 6 heteroatoms. The lowest BCUT2D eigenvalue weighted by Gasteiger charge is -2.07. The van der Waals surface area contributed by atoms with Gasteiger partial charge in [-0.05, 0) is 24.1 Å². The van der Waals surface area contributed by atoms with Gasteiger partial charge < -0.3 is 11.1 Å². The molecule has 3 nitrogen and oxygen atoms in total. The average Bonchev–Trinajstić information content (AvgIpc) is 2.44. The maximum absolute atomic E-state index is 13.4. The van der Waals surface area contributed by atoms with Crippen molar-refractivity contribution >= 4 is 17.3 Å². The number of anilines is 2. The molecule has 110 valence electrons. The molecule has 0 saturated heterocycles. The number of carbonyl (C=O) groups excluding carboxylic acids is 1. The van der Waals surface area contributed by atoms with E-state index in [0.29, 0.717) is 24.2 Å². The van der Waals surface area contributed by atoms with Crippen LogP contribution in [-0.4, -0.2) is 5.91 Å². The van der Waals surface area contributed by atoms with Crippen LogP contribution >= 0.6 is 0 Å². The van der Waals surface area contributed by atoms with Gasteiger partial charge in [0.05, 0.1) is 5.69 Å². The second kappa shape index (κ2) is 6.30. The molecular weight excluding hydrogens is 281 g/mol. The Morgan fingerprint density at radius 2 is 1.62 bits per heavy atom. The molecule has 21 heavy (non-hydrogen) atoms. The van der Waals surface area contributed by atoms with E-state index in [2.05, 4.69) is 5.32 Å². The molecule has 0 fully saturated rings. The van der Waals surface area contributed by atoms with Crippen LogP contribution in [0.15, 0.2) is 36.4 Å². The minimum Gasteiger partial charge on any atom is -0.399 e. The summed E-state index contributed by atoms with van der Waals surface area (Å²) in [4.78, 5) is 11.7. The first-order valence-electron chi connectivity index (χ1n) is 6.24. The summed E-state index contributed by atoms with van der Waals surface area (Å²) < 4.78 is 39.1. The fourth-order valence-electron chi connectivity index (χ4n) is 1.77. The molecule has 0 spiro atoms. The van der Waals surface area contributed by atoms with E-state index in [9.17, 15) is 18.0 Å². The normalized spacial score (nSPS) is 10.4. The highest BCUT2D eigenvalue weighted by atomic mass is 19.2. The zero-order valence-corrected chi connectivity index (χ0v) is 11.0. The molecule has 0 aliphatic rings. The molecule has 2 aromatic rings. The topological polar surface area (TPSA) is 55.1 Å². The summed E-state index contributed by atoms with van der Waals surface area (Å²) in [5.41, 5.74) is 6.67. The summed E-state index contributed by atoms with van der Waals surface area (Å²) in [5, 5.41) is 2.21. The number of halogens is 3. The predicted molar refractivity (Wildman–Crippen MR) is 74.1 cm³/mol. The Labute approximate surface area is 119 Å². The molecule has 0 atom stereocenters. The smallest absolute Gasteiger partial charge is 0.224 e. The van der Waals surface area contributed by atoms with Gasteiger partial charge in [0.25, 0.3) is 0 Å². The maximum atomic E-state index is 13.4. The molecule has 0 heterocycles. The first-order chi connectivity index (χ1) is 9.95. The van der Waals surface area contributed by atoms with Crippen LogP contribution in [-0.2, 0) is 11.2 Å². The molecule has 0 saturated carbocycles. The monoisotopic (exact) mass is 294 g/mol. The largest absolute Gasteiger partial charge is 0.399 e. The van der Waals surface area contributed by atoms with E-state index in [1.807, 2.05) is 0 Å². The number of benzene rings is 2. The summed E-state index contributed by atoms with van der Waals surface area (Å²) in [7, 11) is 0. The second-order valence-electron chi connectivity index (χ2n) is 4.54. The van der Waals surface area contributed by atoms with Gasteiger partial charge in [0.15, 0.2) is 11.6 Å². The standard InChI is InChI=1S/C15H13F3N2O/c16-11-7-13(18)14(8-12(11)17)20-15(21)6-3-9-1-4-10(19)5-2-9/h1-2,4-5,7-8H,3,6,19H2,(H,20,21). The first kappa shape index (κ1) is 14.9. The molecule has 3 N–H and O–H groups in total. The minimum absolute atomic E-state index is 0.0857. The average molecular weight is 294 g/mol. The van der Waals surface area contributed by atoms with Crippen molar-refractivity contribution in [3.8, 4) is 0 Å². The number of hydrogen-bond donors (Lipinski definition) is 2.